The zero-order valence-corrected chi connectivity index (χ0v) is 30.4. The summed E-state index contributed by atoms with van der Waals surface area (Å²) in [5, 5.41) is 1.23. The third-order valence-electron chi connectivity index (χ3n) is 9.10. The van der Waals surface area contributed by atoms with Crippen LogP contribution in [0.1, 0.15) is 82.4 Å². The Labute approximate surface area is 286 Å². The summed E-state index contributed by atoms with van der Waals surface area (Å²) >= 11 is 1.49. The van der Waals surface area contributed by atoms with Crippen LogP contribution >= 0.6 is 12.1 Å². The summed E-state index contributed by atoms with van der Waals surface area (Å²) in [5.41, 5.74) is 8.15. The van der Waals surface area contributed by atoms with Gasteiger partial charge in [0.25, 0.3) is 5.91 Å². The Balaban J connectivity index is 0.00000245. The van der Waals surface area contributed by atoms with E-state index in [0.29, 0.717) is 31.1 Å². The molecule has 2 amide bonds. The van der Waals surface area contributed by atoms with Gasteiger partial charge in [-0.25, -0.2) is 4.31 Å². The molecule has 1 aliphatic heterocycles. The largest absolute Gasteiger partial charge is 0.497 e. The molecule has 0 saturated heterocycles. The van der Waals surface area contributed by atoms with Crippen LogP contribution in [-0.2, 0) is 16.1 Å². The quantitative estimate of drug-likeness (QED) is 0.212. The first-order valence-electron chi connectivity index (χ1n) is 17.0. The lowest BCUT2D eigenvalue weighted by Crippen LogP contribution is -2.41. The van der Waals surface area contributed by atoms with E-state index in [-0.39, 0.29) is 18.4 Å². The van der Waals surface area contributed by atoms with E-state index in [1.807, 2.05) is 64.3 Å². The Bertz CT molecular complexity index is 1610. The van der Waals surface area contributed by atoms with Crippen molar-refractivity contribution in [1.29, 1.82) is 0 Å². The smallest absolute Gasteiger partial charge is 0.251 e. The standard InChI is InChI=1S/C36H47N5O3S.C2H6/c1-8-40(9-2)33(42)23-39(6)36(43)28-19-27-20-29(44-7)16-18-30(27)35-34(25-13-11-10-12-14-25)31-17-15-26(21-32(31)41(35)22-28)24(3)37-45-38(4)5;1-2/h15-21,25,37H,3,8-14,22-23H2,1-2,4-7H3;1-2H3. The number of methoxy groups -OCH3 is 1. The van der Waals surface area contributed by atoms with E-state index in [0.717, 1.165) is 46.5 Å². The summed E-state index contributed by atoms with van der Waals surface area (Å²) in [5.74, 6) is 0.983. The highest BCUT2D eigenvalue weighted by Gasteiger charge is 2.31. The van der Waals surface area contributed by atoms with Gasteiger partial charge in [-0.15, -0.1) is 0 Å². The highest BCUT2D eigenvalue weighted by molar-refractivity contribution is 7.95. The van der Waals surface area contributed by atoms with Gasteiger partial charge >= 0.3 is 0 Å². The van der Waals surface area contributed by atoms with Crippen LogP contribution in [0.5, 0.6) is 5.75 Å². The summed E-state index contributed by atoms with van der Waals surface area (Å²) in [7, 11) is 7.37. The maximum Gasteiger partial charge on any atom is 0.251 e. The zero-order chi connectivity index (χ0) is 34.2. The molecule has 254 valence electrons. The van der Waals surface area contributed by atoms with Crippen LogP contribution in [0, 0.1) is 0 Å². The lowest BCUT2D eigenvalue weighted by molar-refractivity contribution is -0.137. The van der Waals surface area contributed by atoms with Gasteiger partial charge in [-0.3, -0.25) is 9.59 Å². The highest BCUT2D eigenvalue weighted by Crippen LogP contribution is 2.47. The zero-order valence-electron chi connectivity index (χ0n) is 29.6. The number of aromatic nitrogens is 1. The number of hydrogen-bond donors (Lipinski definition) is 1. The minimum atomic E-state index is -0.150. The molecule has 2 heterocycles. The fourth-order valence-corrected chi connectivity index (χ4v) is 7.17. The normalized spacial score (nSPS) is 14.3. The minimum absolute atomic E-state index is 0.0363. The molecule has 2 aliphatic rings. The van der Waals surface area contributed by atoms with Crippen molar-refractivity contribution in [2.75, 3.05) is 47.9 Å². The van der Waals surface area contributed by atoms with Gasteiger partial charge in [0.05, 0.1) is 25.9 Å². The Morgan fingerprint density at radius 3 is 2.36 bits per heavy atom. The van der Waals surface area contributed by atoms with Crippen molar-refractivity contribution >= 4 is 46.6 Å². The first kappa shape index (κ1) is 36.2. The van der Waals surface area contributed by atoms with Crippen molar-refractivity contribution in [3.8, 4) is 17.0 Å². The average molecular weight is 660 g/mol. The molecule has 1 aromatic heterocycles. The van der Waals surface area contributed by atoms with E-state index in [1.54, 1.807) is 24.0 Å². The number of amides is 2. The molecule has 1 aliphatic carbocycles. The van der Waals surface area contributed by atoms with Crippen molar-refractivity contribution in [3.05, 3.63) is 65.2 Å². The van der Waals surface area contributed by atoms with Gasteiger partial charge in [0, 0.05) is 60.0 Å². The maximum atomic E-state index is 14.1. The fourth-order valence-electron chi connectivity index (χ4n) is 6.76. The summed E-state index contributed by atoms with van der Waals surface area (Å²) in [6, 6.07) is 12.8. The Morgan fingerprint density at radius 2 is 1.72 bits per heavy atom. The number of likely N-dealkylation sites (N-methyl/N-ethyl adjacent to an activating group) is 2. The van der Waals surface area contributed by atoms with Gasteiger partial charge in [-0.1, -0.05) is 51.8 Å². The van der Waals surface area contributed by atoms with Crippen molar-refractivity contribution in [2.45, 2.75) is 72.3 Å². The molecule has 1 fully saturated rings. The molecular formula is C38H53N5O3S. The van der Waals surface area contributed by atoms with Crippen molar-refractivity contribution < 1.29 is 14.3 Å². The van der Waals surface area contributed by atoms with Gasteiger partial charge in [0.2, 0.25) is 5.91 Å². The van der Waals surface area contributed by atoms with Crippen molar-refractivity contribution in [3.63, 3.8) is 0 Å². The second-order valence-corrected chi connectivity index (χ2v) is 13.4. The molecule has 1 saturated carbocycles. The number of hydrogen-bond acceptors (Lipinski definition) is 6. The van der Waals surface area contributed by atoms with Gasteiger partial charge in [-0.05, 0) is 93.7 Å². The first-order chi connectivity index (χ1) is 22.7. The number of rotatable bonds is 11. The Morgan fingerprint density at radius 1 is 1.02 bits per heavy atom. The van der Waals surface area contributed by atoms with E-state index in [4.69, 9.17) is 4.74 Å². The molecule has 47 heavy (non-hydrogen) atoms. The summed E-state index contributed by atoms with van der Waals surface area (Å²) in [4.78, 5) is 30.4. The SMILES string of the molecule is C=C(NSN(C)C)c1ccc2c(C3CCCCC3)c3n(c2c1)CC(C(=O)N(C)CC(=O)N(CC)CC)=Cc1cc(OC)ccc1-3.CC. The second-order valence-electron chi connectivity index (χ2n) is 12.2. The van der Waals surface area contributed by atoms with Gasteiger partial charge in [0.1, 0.15) is 5.75 Å². The van der Waals surface area contributed by atoms with E-state index in [1.165, 1.54) is 48.0 Å². The Hall–Kier alpha value is -3.69. The molecule has 0 spiro atoms. The molecule has 1 N–H and O–H groups in total. The van der Waals surface area contributed by atoms with Crippen LogP contribution in [-0.4, -0.2) is 78.4 Å². The fraction of sp³-hybridized carbons (Fsp3) is 0.474. The molecule has 5 rings (SSSR count). The van der Waals surface area contributed by atoms with E-state index < -0.39 is 0 Å². The molecule has 0 unspecified atom stereocenters. The van der Waals surface area contributed by atoms with Crippen LogP contribution in [0.3, 0.4) is 0 Å². The summed E-state index contributed by atoms with van der Waals surface area (Å²) in [6.07, 6.45) is 8.03. The van der Waals surface area contributed by atoms with E-state index in [9.17, 15) is 9.59 Å². The van der Waals surface area contributed by atoms with Crippen molar-refractivity contribution in [1.82, 2.24) is 23.4 Å². The lowest BCUT2D eigenvalue weighted by atomic mass is 9.81. The van der Waals surface area contributed by atoms with Crippen LogP contribution in [0.15, 0.2) is 48.6 Å². The molecule has 8 nitrogen and oxygen atoms in total. The maximum absolute atomic E-state index is 14.1. The summed E-state index contributed by atoms with van der Waals surface area (Å²) < 4.78 is 13.3. The topological polar surface area (TPSA) is 70.0 Å². The molecule has 0 atom stereocenters. The number of carbonyl (C=O) groups is 2. The van der Waals surface area contributed by atoms with Gasteiger partial charge < -0.3 is 23.8 Å². The van der Waals surface area contributed by atoms with Crippen LogP contribution < -0.4 is 9.46 Å². The molecular weight excluding hydrogens is 607 g/mol. The van der Waals surface area contributed by atoms with Gasteiger partial charge in [0.15, 0.2) is 0 Å². The minimum Gasteiger partial charge on any atom is -0.497 e. The predicted octanol–water partition coefficient (Wildman–Crippen LogP) is 7.80. The molecule has 3 aromatic rings. The Kier molecular flexibility index (Phi) is 12.6. The van der Waals surface area contributed by atoms with E-state index >= 15 is 0 Å². The molecule has 0 radical (unpaired) electrons. The molecule has 0 bridgehead atoms. The second kappa shape index (κ2) is 16.4. The molecule has 9 heteroatoms. The summed E-state index contributed by atoms with van der Waals surface area (Å²) in [6.45, 7) is 13.9. The van der Waals surface area contributed by atoms with Gasteiger partial charge in [-0.2, -0.15) is 0 Å². The third-order valence-corrected chi connectivity index (χ3v) is 9.80. The van der Waals surface area contributed by atoms with Crippen LogP contribution in [0.4, 0.5) is 0 Å². The number of nitrogens with zero attached hydrogens (tertiary/aromatic N) is 4. The number of fused-ring (bicyclic) bond motifs is 5. The van der Waals surface area contributed by atoms with E-state index in [2.05, 4.69) is 40.1 Å². The third kappa shape index (κ3) is 7.90. The van der Waals surface area contributed by atoms with Crippen LogP contribution in [0.2, 0.25) is 0 Å². The predicted molar refractivity (Wildman–Crippen MR) is 198 cm³/mol. The number of nitrogens with one attached hydrogen (secondary N) is 1. The van der Waals surface area contributed by atoms with Crippen LogP contribution in [0.25, 0.3) is 33.9 Å². The molecule has 2 aromatic carbocycles. The lowest BCUT2D eigenvalue weighted by Gasteiger charge is -2.24. The number of benzene rings is 2. The first-order valence-corrected chi connectivity index (χ1v) is 17.8. The highest BCUT2D eigenvalue weighted by atomic mass is 32.2. The average Bonchev–Trinajstić information content (AvgIpc) is 3.30. The number of ether oxygens (including phenoxy) is 1. The number of carbonyl (C=O) groups excluding carboxylic acids is 2. The monoisotopic (exact) mass is 659 g/mol. The van der Waals surface area contributed by atoms with Crippen molar-refractivity contribution in [2.24, 2.45) is 0 Å².